The molecule has 138 valence electrons. The molecule has 1 unspecified atom stereocenters. The van der Waals surface area contributed by atoms with Gasteiger partial charge in [-0.3, -0.25) is 0 Å². The molecule has 1 N–H and O–H groups in total. The van der Waals surface area contributed by atoms with Crippen molar-refractivity contribution in [3.8, 4) is 0 Å². The van der Waals surface area contributed by atoms with Gasteiger partial charge in [0, 0.05) is 6.42 Å². The topological polar surface area (TPSA) is 29.5 Å². The van der Waals surface area contributed by atoms with Gasteiger partial charge in [-0.2, -0.15) is 0 Å². The summed E-state index contributed by atoms with van der Waals surface area (Å²) in [6, 6.07) is 10.5. The van der Waals surface area contributed by atoms with Gasteiger partial charge >= 0.3 is 0 Å². The van der Waals surface area contributed by atoms with Gasteiger partial charge in [0.15, 0.2) is 0 Å². The number of hydrogen-bond donors (Lipinski definition) is 1. The zero-order valence-corrected chi connectivity index (χ0v) is 16.3. The maximum Gasteiger partial charge on any atom is 0.139 e. The molecule has 0 heterocycles. The van der Waals surface area contributed by atoms with Gasteiger partial charge < -0.3 is 14.3 Å². The Labute approximate surface area is 153 Å². The summed E-state index contributed by atoms with van der Waals surface area (Å²) < 4.78 is 6.39. The van der Waals surface area contributed by atoms with Crippen LogP contribution in [0.3, 0.4) is 0 Å². The van der Waals surface area contributed by atoms with Crippen molar-refractivity contribution in [3.63, 3.8) is 0 Å². The largest absolute Gasteiger partial charge is 0.507 e. The van der Waals surface area contributed by atoms with Crippen molar-refractivity contribution in [2.24, 2.45) is 0 Å². The van der Waals surface area contributed by atoms with Gasteiger partial charge in [0.25, 0.3) is 0 Å². The highest BCUT2D eigenvalue weighted by molar-refractivity contribution is 5.13. The first-order valence-corrected chi connectivity index (χ1v) is 8.84. The number of aliphatic hydroxyl groups excluding tert-OH is 1. The number of nitrogens with zero attached hydrogens (tertiary/aromatic N) is 1. The normalized spacial score (nSPS) is 13.5. The molecule has 1 atom stereocenters. The van der Waals surface area contributed by atoms with E-state index in [1.165, 1.54) is 11.1 Å². The van der Waals surface area contributed by atoms with Gasteiger partial charge in [-0.15, -0.1) is 0 Å². The monoisotopic (exact) mass is 344 g/mol. The second-order valence-electron chi connectivity index (χ2n) is 7.46. The van der Waals surface area contributed by atoms with Crippen LogP contribution in [0.5, 0.6) is 0 Å². The summed E-state index contributed by atoms with van der Waals surface area (Å²) >= 11 is 0. The number of hydrogen-bond acceptors (Lipinski definition) is 2. The van der Waals surface area contributed by atoms with Crippen molar-refractivity contribution in [2.45, 2.75) is 39.3 Å². The molecule has 0 bridgehead atoms. The number of benzene rings is 1. The Balaban J connectivity index is 2.47. The molecule has 0 fully saturated rings. The van der Waals surface area contributed by atoms with Crippen molar-refractivity contribution < 1.29 is 14.3 Å². The molecule has 0 aromatic heterocycles. The van der Waals surface area contributed by atoms with Crippen molar-refractivity contribution in [1.29, 1.82) is 0 Å². The van der Waals surface area contributed by atoms with Crippen LogP contribution in [0.15, 0.2) is 66.5 Å². The first kappa shape index (κ1) is 21.2. The van der Waals surface area contributed by atoms with Crippen molar-refractivity contribution in [1.82, 2.24) is 0 Å². The second-order valence-corrected chi connectivity index (χ2v) is 7.46. The number of aliphatic hydroxyl groups is 1. The summed E-state index contributed by atoms with van der Waals surface area (Å²) in [4.78, 5) is 0. The highest BCUT2D eigenvalue weighted by Crippen LogP contribution is 2.22. The van der Waals surface area contributed by atoms with Crippen LogP contribution in [0.1, 0.15) is 32.3 Å². The molecule has 0 spiro atoms. The zero-order chi connectivity index (χ0) is 18.9. The summed E-state index contributed by atoms with van der Waals surface area (Å²) in [5.41, 5.74) is 3.65. The van der Waals surface area contributed by atoms with E-state index < -0.39 is 0 Å². The predicted molar refractivity (Wildman–Crippen MR) is 106 cm³/mol. The first-order valence-electron chi connectivity index (χ1n) is 8.84. The van der Waals surface area contributed by atoms with Crippen LogP contribution >= 0.6 is 0 Å². The molecule has 0 radical (unpaired) electrons. The lowest BCUT2D eigenvalue weighted by Gasteiger charge is -2.38. The highest BCUT2D eigenvalue weighted by atomic mass is 16.5. The molecule has 0 saturated heterocycles. The van der Waals surface area contributed by atoms with Gasteiger partial charge in [0.2, 0.25) is 0 Å². The van der Waals surface area contributed by atoms with Crippen LogP contribution in [0.2, 0.25) is 0 Å². The van der Waals surface area contributed by atoms with Gasteiger partial charge in [-0.05, 0) is 31.4 Å². The Morgan fingerprint density at radius 3 is 2.40 bits per heavy atom. The van der Waals surface area contributed by atoms with E-state index in [-0.39, 0.29) is 11.8 Å². The second kappa shape index (κ2) is 10.2. The lowest BCUT2D eigenvalue weighted by atomic mass is 9.98. The minimum Gasteiger partial charge on any atom is -0.507 e. The maximum absolute atomic E-state index is 9.57. The Morgan fingerprint density at radius 2 is 1.84 bits per heavy atom. The minimum absolute atomic E-state index is 0.220. The van der Waals surface area contributed by atoms with Crippen LogP contribution in [0, 0.1) is 0 Å². The van der Waals surface area contributed by atoms with Gasteiger partial charge in [0.1, 0.15) is 18.3 Å². The van der Waals surface area contributed by atoms with E-state index in [9.17, 15) is 5.11 Å². The molecule has 0 aliphatic carbocycles. The number of allylic oxidation sites excluding steroid dienone is 1. The molecular formula is C22H34NO2+. The smallest absolute Gasteiger partial charge is 0.139 e. The van der Waals surface area contributed by atoms with E-state index in [1.54, 1.807) is 0 Å². The summed E-state index contributed by atoms with van der Waals surface area (Å²) in [5, 5.41) is 9.57. The van der Waals surface area contributed by atoms with Gasteiger partial charge in [0.05, 0.1) is 27.3 Å². The maximum atomic E-state index is 9.57. The fourth-order valence-corrected chi connectivity index (χ4v) is 3.19. The SMILES string of the molecule is C=C(O)C[N+](C)(C)C(CC/C(C)=C/COCc1ccccc1)C(=C)C. The molecule has 25 heavy (non-hydrogen) atoms. The molecule has 0 saturated carbocycles. The van der Waals surface area contributed by atoms with E-state index >= 15 is 0 Å². The number of ether oxygens (including phenoxy) is 1. The van der Waals surface area contributed by atoms with Crippen LogP contribution in [-0.2, 0) is 11.3 Å². The summed E-state index contributed by atoms with van der Waals surface area (Å²) in [6.07, 6.45) is 4.14. The first-order chi connectivity index (χ1) is 11.7. The number of quaternary nitrogens is 1. The molecule has 1 aromatic carbocycles. The Hall–Kier alpha value is -1.84. The van der Waals surface area contributed by atoms with E-state index in [0.717, 1.165) is 18.4 Å². The highest BCUT2D eigenvalue weighted by Gasteiger charge is 2.29. The molecule has 3 nitrogen and oxygen atoms in total. The standard InChI is InChI=1S/C22H33NO2/c1-18(2)22(23(5,6)16-20(4)24)13-12-19(3)14-15-25-17-21-10-8-7-9-11-21/h7-11,14,22H,1,4,12-13,15-17H2,2-3,5-6H3/p+1/b19-14+. The third kappa shape index (κ3) is 8.19. The van der Waals surface area contributed by atoms with Crippen molar-refractivity contribution in [2.75, 3.05) is 27.2 Å². The molecule has 1 rings (SSSR count). The van der Waals surface area contributed by atoms with E-state index in [1.807, 2.05) is 18.2 Å². The minimum atomic E-state index is 0.220. The third-order valence-corrected chi connectivity index (χ3v) is 4.48. The Kier molecular flexibility index (Phi) is 8.67. The van der Waals surface area contributed by atoms with E-state index in [2.05, 4.69) is 59.3 Å². The van der Waals surface area contributed by atoms with Crippen molar-refractivity contribution in [3.05, 3.63) is 72.0 Å². The number of rotatable bonds is 11. The average Bonchev–Trinajstić information content (AvgIpc) is 2.51. The van der Waals surface area contributed by atoms with Crippen LogP contribution < -0.4 is 0 Å². The third-order valence-electron chi connectivity index (χ3n) is 4.48. The molecule has 1 aromatic rings. The average molecular weight is 345 g/mol. The van der Waals surface area contributed by atoms with Gasteiger partial charge in [-0.25, -0.2) is 0 Å². The van der Waals surface area contributed by atoms with Crippen LogP contribution in [0.4, 0.5) is 0 Å². The fraction of sp³-hybridized carbons (Fsp3) is 0.455. The van der Waals surface area contributed by atoms with E-state index in [0.29, 0.717) is 24.2 Å². The van der Waals surface area contributed by atoms with Crippen LogP contribution in [-0.4, -0.2) is 42.9 Å². The molecule has 3 heteroatoms. The predicted octanol–water partition coefficient (Wildman–Crippen LogP) is 5.02. The molecule has 0 aliphatic rings. The quantitative estimate of drug-likeness (QED) is 0.264. The number of likely N-dealkylation sites (N-methyl/N-ethyl adjacent to an activating group) is 1. The molecule has 0 amide bonds. The zero-order valence-electron chi connectivity index (χ0n) is 16.3. The van der Waals surface area contributed by atoms with Gasteiger partial charge in [-0.1, -0.05) is 55.1 Å². The molecular weight excluding hydrogens is 310 g/mol. The van der Waals surface area contributed by atoms with E-state index in [4.69, 9.17) is 4.74 Å². The van der Waals surface area contributed by atoms with Crippen molar-refractivity contribution >= 4 is 0 Å². The Morgan fingerprint density at radius 1 is 1.20 bits per heavy atom. The summed E-state index contributed by atoms with van der Waals surface area (Å²) in [7, 11) is 4.23. The fourth-order valence-electron chi connectivity index (χ4n) is 3.19. The summed E-state index contributed by atoms with van der Waals surface area (Å²) in [6.45, 7) is 13.8. The Bertz CT molecular complexity index is 587. The summed E-state index contributed by atoms with van der Waals surface area (Å²) in [5.74, 6) is 0.220. The van der Waals surface area contributed by atoms with Crippen LogP contribution in [0.25, 0.3) is 0 Å². The lowest BCUT2D eigenvalue weighted by molar-refractivity contribution is -0.906. The lowest BCUT2D eigenvalue weighted by Crippen LogP contribution is -2.50. The molecule has 0 aliphatic heterocycles.